The summed E-state index contributed by atoms with van der Waals surface area (Å²) >= 11 is 1.71. The van der Waals surface area contributed by atoms with Crippen LogP contribution in [0.4, 0.5) is 5.69 Å². The molecular weight excluding hydrogens is 234 g/mol. The molecule has 0 fully saturated rings. The van der Waals surface area contributed by atoms with Crippen LogP contribution < -0.4 is 17.2 Å². The first-order chi connectivity index (χ1) is 7.99. The Hall–Kier alpha value is -1.69. The van der Waals surface area contributed by atoms with Crippen molar-refractivity contribution in [1.82, 2.24) is 0 Å². The van der Waals surface area contributed by atoms with Crippen molar-refractivity contribution in [3.05, 3.63) is 24.3 Å². The van der Waals surface area contributed by atoms with E-state index in [4.69, 9.17) is 17.2 Å². The predicted octanol–water partition coefficient (Wildman–Crippen LogP) is 1.41. The topological polar surface area (TPSA) is 103 Å². The van der Waals surface area contributed by atoms with Crippen LogP contribution in [0, 0.1) is 0 Å². The van der Waals surface area contributed by atoms with Crippen LogP contribution >= 0.6 is 11.8 Å². The molecule has 0 aromatic heterocycles. The van der Waals surface area contributed by atoms with E-state index >= 15 is 0 Å². The van der Waals surface area contributed by atoms with Crippen LogP contribution in [0.2, 0.25) is 0 Å². The number of hydrogen-bond acceptors (Lipinski definition) is 2. The van der Waals surface area contributed by atoms with Gasteiger partial charge in [0, 0.05) is 10.1 Å². The lowest BCUT2D eigenvalue weighted by atomic mass is 10.3. The monoisotopic (exact) mass is 251 g/mol. The molecule has 92 valence electrons. The molecule has 0 radical (unpaired) electrons. The molecule has 0 amide bonds. The van der Waals surface area contributed by atoms with Crippen LogP contribution in [-0.4, -0.2) is 17.2 Å². The Labute approximate surface area is 105 Å². The zero-order chi connectivity index (χ0) is 12.8. The molecule has 5 nitrogen and oxygen atoms in total. The lowest BCUT2D eigenvalue weighted by Crippen LogP contribution is -2.26. The van der Waals surface area contributed by atoms with Gasteiger partial charge < -0.3 is 17.2 Å². The van der Waals surface area contributed by atoms with Crippen molar-refractivity contribution < 1.29 is 0 Å². The van der Waals surface area contributed by atoms with Gasteiger partial charge in [-0.2, -0.15) is 4.99 Å². The summed E-state index contributed by atoms with van der Waals surface area (Å²) in [6, 6.07) is 7.72. The van der Waals surface area contributed by atoms with Crippen LogP contribution in [0.15, 0.2) is 39.1 Å². The standard InChI is InChI=1S/C11H17N5S/c1-7(2)17-9-6-4-3-5-8(9)15-11(14)16-10(12)13/h3-7H,1-2H3,(H6,12,13,14,15,16). The first-order valence-corrected chi connectivity index (χ1v) is 6.06. The fraction of sp³-hybridized carbons (Fsp3) is 0.273. The molecule has 1 aromatic rings. The third-order valence-corrected chi connectivity index (χ3v) is 2.78. The summed E-state index contributed by atoms with van der Waals surface area (Å²) in [4.78, 5) is 8.91. The van der Waals surface area contributed by atoms with Crippen molar-refractivity contribution in [2.45, 2.75) is 24.0 Å². The van der Waals surface area contributed by atoms with Crippen molar-refractivity contribution in [2.75, 3.05) is 0 Å². The quantitative estimate of drug-likeness (QED) is 0.429. The molecule has 6 heteroatoms. The Kier molecular flexibility index (Phi) is 4.84. The Balaban J connectivity index is 3.01. The molecule has 0 aliphatic carbocycles. The van der Waals surface area contributed by atoms with Gasteiger partial charge in [0.15, 0.2) is 5.96 Å². The molecule has 1 rings (SSSR count). The lowest BCUT2D eigenvalue weighted by molar-refractivity contribution is 1.11. The fourth-order valence-electron chi connectivity index (χ4n) is 1.18. The van der Waals surface area contributed by atoms with E-state index in [9.17, 15) is 0 Å². The van der Waals surface area contributed by atoms with E-state index in [1.807, 2.05) is 24.3 Å². The molecule has 0 atom stereocenters. The van der Waals surface area contributed by atoms with Gasteiger partial charge in [-0.15, -0.1) is 11.8 Å². The summed E-state index contributed by atoms with van der Waals surface area (Å²) in [6.07, 6.45) is 0. The summed E-state index contributed by atoms with van der Waals surface area (Å²) in [5, 5.41) is 0.468. The maximum atomic E-state index is 5.60. The first kappa shape index (κ1) is 13.4. The number of thioether (sulfide) groups is 1. The average Bonchev–Trinajstić information content (AvgIpc) is 2.18. The molecule has 0 aliphatic rings. The Morgan fingerprint density at radius 2 is 1.82 bits per heavy atom. The van der Waals surface area contributed by atoms with Gasteiger partial charge in [-0.3, -0.25) is 0 Å². The molecule has 0 unspecified atom stereocenters. The minimum atomic E-state index is -0.0970. The summed E-state index contributed by atoms with van der Waals surface area (Å²) < 4.78 is 0. The van der Waals surface area contributed by atoms with Crippen molar-refractivity contribution in [2.24, 2.45) is 27.2 Å². The second-order valence-corrected chi connectivity index (χ2v) is 5.26. The highest BCUT2D eigenvalue weighted by Gasteiger charge is 2.04. The second-order valence-electron chi connectivity index (χ2n) is 3.64. The minimum absolute atomic E-state index is 0.0572. The number of nitrogens with two attached hydrogens (primary N) is 3. The van der Waals surface area contributed by atoms with Crippen LogP contribution in [-0.2, 0) is 0 Å². The number of para-hydroxylation sites is 1. The van der Waals surface area contributed by atoms with Crippen molar-refractivity contribution >= 4 is 29.4 Å². The van der Waals surface area contributed by atoms with E-state index in [0.29, 0.717) is 5.25 Å². The highest BCUT2D eigenvalue weighted by Crippen LogP contribution is 2.31. The van der Waals surface area contributed by atoms with Gasteiger partial charge in [-0.1, -0.05) is 26.0 Å². The van der Waals surface area contributed by atoms with Crippen molar-refractivity contribution in [3.63, 3.8) is 0 Å². The van der Waals surface area contributed by atoms with E-state index in [-0.39, 0.29) is 11.9 Å². The minimum Gasteiger partial charge on any atom is -0.370 e. The van der Waals surface area contributed by atoms with Gasteiger partial charge in [-0.25, -0.2) is 4.99 Å². The number of rotatable bonds is 3. The van der Waals surface area contributed by atoms with E-state index in [2.05, 4.69) is 23.8 Å². The Morgan fingerprint density at radius 3 is 2.41 bits per heavy atom. The van der Waals surface area contributed by atoms with Crippen molar-refractivity contribution in [3.8, 4) is 0 Å². The molecule has 0 aliphatic heterocycles. The highest BCUT2D eigenvalue weighted by atomic mass is 32.2. The number of guanidine groups is 2. The van der Waals surface area contributed by atoms with Gasteiger partial charge >= 0.3 is 0 Å². The van der Waals surface area contributed by atoms with Gasteiger partial charge in [0.25, 0.3) is 0 Å². The predicted molar refractivity (Wildman–Crippen MR) is 74.5 cm³/mol. The lowest BCUT2D eigenvalue weighted by Gasteiger charge is -2.07. The van der Waals surface area contributed by atoms with Gasteiger partial charge in [0.1, 0.15) is 0 Å². The normalized spacial score (nSPS) is 11.6. The van der Waals surface area contributed by atoms with Crippen LogP contribution in [0.5, 0.6) is 0 Å². The van der Waals surface area contributed by atoms with Gasteiger partial charge in [0.05, 0.1) is 5.69 Å². The van der Waals surface area contributed by atoms with Crippen LogP contribution in [0.25, 0.3) is 0 Å². The third kappa shape index (κ3) is 4.78. The molecule has 0 saturated heterocycles. The van der Waals surface area contributed by atoms with E-state index < -0.39 is 0 Å². The summed E-state index contributed by atoms with van der Waals surface area (Å²) in [7, 11) is 0. The zero-order valence-electron chi connectivity index (χ0n) is 9.92. The SMILES string of the molecule is CC(C)Sc1ccccc1N=C(N)N=C(N)N. The zero-order valence-corrected chi connectivity index (χ0v) is 10.7. The average molecular weight is 251 g/mol. The maximum Gasteiger partial charge on any atom is 0.223 e. The summed E-state index contributed by atoms with van der Waals surface area (Å²) in [5.74, 6) is -0.0398. The molecule has 0 bridgehead atoms. The summed E-state index contributed by atoms with van der Waals surface area (Å²) in [6.45, 7) is 4.23. The molecular formula is C11H17N5S. The van der Waals surface area contributed by atoms with Crippen LogP contribution in [0.3, 0.4) is 0 Å². The molecule has 1 aromatic carbocycles. The highest BCUT2D eigenvalue weighted by molar-refractivity contribution is 8.00. The van der Waals surface area contributed by atoms with Gasteiger partial charge in [0.2, 0.25) is 5.96 Å². The molecule has 0 heterocycles. The number of nitrogens with zero attached hydrogens (tertiary/aromatic N) is 2. The molecule has 0 spiro atoms. The Bertz CT molecular complexity index is 435. The summed E-state index contributed by atoms with van der Waals surface area (Å²) in [5.41, 5.74) is 16.8. The largest absolute Gasteiger partial charge is 0.370 e. The van der Waals surface area contributed by atoms with Gasteiger partial charge in [-0.05, 0) is 12.1 Å². The van der Waals surface area contributed by atoms with E-state index in [0.717, 1.165) is 10.6 Å². The Morgan fingerprint density at radius 1 is 1.18 bits per heavy atom. The molecule has 0 saturated carbocycles. The molecule has 17 heavy (non-hydrogen) atoms. The number of benzene rings is 1. The fourth-order valence-corrected chi connectivity index (χ4v) is 2.08. The third-order valence-electron chi connectivity index (χ3n) is 1.71. The van der Waals surface area contributed by atoms with E-state index in [1.165, 1.54) is 0 Å². The second kappa shape index (κ2) is 6.15. The first-order valence-electron chi connectivity index (χ1n) is 5.18. The number of aliphatic imine (C=N–C) groups is 2. The van der Waals surface area contributed by atoms with E-state index in [1.54, 1.807) is 11.8 Å². The van der Waals surface area contributed by atoms with Crippen molar-refractivity contribution in [1.29, 1.82) is 0 Å². The molecule has 6 N–H and O–H groups in total. The number of hydrogen-bond donors (Lipinski definition) is 3. The maximum absolute atomic E-state index is 5.60. The van der Waals surface area contributed by atoms with Crippen LogP contribution in [0.1, 0.15) is 13.8 Å². The smallest absolute Gasteiger partial charge is 0.223 e.